The number of tetrazole rings is 1. The molecule has 0 aliphatic heterocycles. The number of rotatable bonds is 7. The molecular weight excluding hydrogens is 254 g/mol. The highest BCUT2D eigenvalue weighted by molar-refractivity contribution is 5.27. The Morgan fingerprint density at radius 2 is 2.10 bits per heavy atom. The molecule has 1 aromatic heterocycles. The minimum absolute atomic E-state index is 0.668. The van der Waals surface area contributed by atoms with E-state index in [1.807, 2.05) is 16.8 Å². The number of aryl methyl sites for hydroxylation is 2. The summed E-state index contributed by atoms with van der Waals surface area (Å²) >= 11 is 0. The van der Waals surface area contributed by atoms with Crippen LogP contribution in [-0.2, 0) is 19.5 Å². The Morgan fingerprint density at radius 3 is 2.80 bits per heavy atom. The van der Waals surface area contributed by atoms with E-state index in [9.17, 15) is 0 Å². The van der Waals surface area contributed by atoms with E-state index in [4.69, 9.17) is 4.74 Å². The van der Waals surface area contributed by atoms with Crippen molar-refractivity contribution in [1.29, 1.82) is 0 Å². The smallest absolute Gasteiger partial charge is 0.165 e. The first-order valence-corrected chi connectivity index (χ1v) is 6.96. The van der Waals surface area contributed by atoms with Gasteiger partial charge in [-0.25, -0.2) is 4.68 Å². The van der Waals surface area contributed by atoms with Crippen molar-refractivity contribution in [2.45, 2.75) is 38.4 Å². The van der Waals surface area contributed by atoms with Crippen LogP contribution < -0.4 is 10.1 Å². The number of hydrogen-bond acceptors (Lipinski definition) is 5. The second-order valence-corrected chi connectivity index (χ2v) is 5.07. The summed E-state index contributed by atoms with van der Waals surface area (Å²) in [5.74, 6) is 1.79. The molecule has 1 aromatic carbocycles. The van der Waals surface area contributed by atoms with Crippen molar-refractivity contribution in [1.82, 2.24) is 25.5 Å². The molecule has 1 N–H and O–H groups in total. The molecule has 0 spiro atoms. The molecular formula is C14H19N5O. The van der Waals surface area contributed by atoms with Gasteiger partial charge in [0.25, 0.3) is 0 Å². The van der Waals surface area contributed by atoms with Gasteiger partial charge in [0.15, 0.2) is 5.82 Å². The Hall–Kier alpha value is -1.95. The first-order chi connectivity index (χ1) is 9.85. The molecule has 1 heterocycles. The molecule has 0 atom stereocenters. The number of hydrogen-bond donors (Lipinski definition) is 1. The Morgan fingerprint density at radius 1 is 1.30 bits per heavy atom. The van der Waals surface area contributed by atoms with Crippen molar-refractivity contribution in [2.24, 2.45) is 0 Å². The second kappa shape index (κ2) is 6.00. The molecule has 1 aliphatic carbocycles. The zero-order valence-corrected chi connectivity index (χ0v) is 11.6. The van der Waals surface area contributed by atoms with Gasteiger partial charge in [-0.15, -0.1) is 5.10 Å². The number of ether oxygens (including phenoxy) is 1. The Kier molecular flexibility index (Phi) is 3.92. The lowest BCUT2D eigenvalue weighted by Crippen LogP contribution is -2.19. The summed E-state index contributed by atoms with van der Waals surface area (Å²) in [6.45, 7) is 1.54. The van der Waals surface area contributed by atoms with Gasteiger partial charge < -0.3 is 10.1 Å². The van der Waals surface area contributed by atoms with Crippen LogP contribution in [0, 0.1) is 0 Å². The molecule has 1 saturated carbocycles. The van der Waals surface area contributed by atoms with E-state index in [1.165, 1.54) is 18.4 Å². The van der Waals surface area contributed by atoms with Gasteiger partial charge in [-0.05, 0) is 47.4 Å². The van der Waals surface area contributed by atoms with Gasteiger partial charge in [0.1, 0.15) is 5.75 Å². The Labute approximate surface area is 118 Å². The summed E-state index contributed by atoms with van der Waals surface area (Å²) in [7, 11) is 1.68. The van der Waals surface area contributed by atoms with Crippen molar-refractivity contribution in [3.63, 3.8) is 0 Å². The van der Waals surface area contributed by atoms with Crippen LogP contribution in [0.1, 0.15) is 24.2 Å². The lowest BCUT2D eigenvalue weighted by atomic mass is 10.1. The molecule has 0 saturated heterocycles. The summed E-state index contributed by atoms with van der Waals surface area (Å²) in [6.07, 6.45) is 3.45. The van der Waals surface area contributed by atoms with Gasteiger partial charge in [-0.2, -0.15) is 0 Å². The van der Waals surface area contributed by atoms with E-state index in [2.05, 4.69) is 33.0 Å². The van der Waals surface area contributed by atoms with Crippen molar-refractivity contribution in [3.05, 3.63) is 35.7 Å². The molecule has 1 fully saturated rings. The zero-order valence-electron chi connectivity index (χ0n) is 11.6. The van der Waals surface area contributed by atoms with Gasteiger partial charge in [0, 0.05) is 12.6 Å². The molecule has 20 heavy (non-hydrogen) atoms. The van der Waals surface area contributed by atoms with E-state index < -0.39 is 0 Å². The summed E-state index contributed by atoms with van der Waals surface area (Å²) in [5, 5.41) is 15.3. The van der Waals surface area contributed by atoms with E-state index >= 15 is 0 Å². The molecule has 0 bridgehead atoms. The number of benzene rings is 1. The summed E-state index contributed by atoms with van der Waals surface area (Å²) in [5.41, 5.74) is 1.25. The van der Waals surface area contributed by atoms with Crippen LogP contribution in [0.2, 0.25) is 0 Å². The van der Waals surface area contributed by atoms with Crippen LogP contribution in [0.3, 0.4) is 0 Å². The molecule has 0 radical (unpaired) electrons. The third kappa shape index (κ3) is 3.33. The van der Waals surface area contributed by atoms with Gasteiger partial charge >= 0.3 is 0 Å². The van der Waals surface area contributed by atoms with Gasteiger partial charge in [0.2, 0.25) is 0 Å². The van der Waals surface area contributed by atoms with E-state index in [-0.39, 0.29) is 0 Å². The molecule has 6 nitrogen and oxygen atoms in total. The number of nitrogens with zero attached hydrogens (tertiary/aromatic N) is 4. The normalized spacial score (nSPS) is 14.4. The predicted octanol–water partition coefficient (Wildman–Crippen LogP) is 1.18. The SMILES string of the molecule is COc1ccc(CCn2nnnc2CNC2CC2)cc1. The van der Waals surface area contributed by atoms with Crippen LogP contribution in [0.15, 0.2) is 24.3 Å². The minimum Gasteiger partial charge on any atom is -0.497 e. The fourth-order valence-electron chi connectivity index (χ4n) is 2.07. The minimum atomic E-state index is 0.668. The maximum Gasteiger partial charge on any atom is 0.165 e. The highest BCUT2D eigenvalue weighted by Crippen LogP contribution is 2.19. The quantitative estimate of drug-likeness (QED) is 0.820. The topological polar surface area (TPSA) is 64.9 Å². The molecule has 0 unspecified atom stereocenters. The summed E-state index contributed by atoms with van der Waals surface area (Å²) in [6, 6.07) is 8.77. The molecule has 3 rings (SSSR count). The fraction of sp³-hybridized carbons (Fsp3) is 0.500. The van der Waals surface area contributed by atoms with Gasteiger partial charge in [0.05, 0.1) is 13.7 Å². The van der Waals surface area contributed by atoms with Crippen LogP contribution in [-0.4, -0.2) is 33.4 Å². The third-order valence-corrected chi connectivity index (χ3v) is 3.50. The Bertz CT molecular complexity index is 547. The number of methoxy groups -OCH3 is 1. The number of aromatic nitrogens is 4. The van der Waals surface area contributed by atoms with Crippen molar-refractivity contribution < 1.29 is 4.74 Å². The largest absolute Gasteiger partial charge is 0.497 e. The van der Waals surface area contributed by atoms with Crippen molar-refractivity contribution in [3.8, 4) is 5.75 Å². The van der Waals surface area contributed by atoms with Crippen LogP contribution >= 0.6 is 0 Å². The average molecular weight is 273 g/mol. The lowest BCUT2D eigenvalue weighted by molar-refractivity contribution is 0.414. The fourth-order valence-corrected chi connectivity index (χ4v) is 2.07. The standard InChI is InChI=1S/C14H19N5O/c1-20-13-6-2-11(3-7-13)8-9-19-14(16-17-18-19)10-15-12-4-5-12/h2-3,6-7,12,15H,4-5,8-10H2,1H3. The molecule has 2 aromatic rings. The van der Waals surface area contributed by atoms with Crippen LogP contribution in [0.5, 0.6) is 5.75 Å². The lowest BCUT2D eigenvalue weighted by Gasteiger charge is -2.06. The second-order valence-electron chi connectivity index (χ2n) is 5.07. The molecule has 1 aliphatic rings. The maximum atomic E-state index is 5.15. The number of nitrogens with one attached hydrogen (secondary N) is 1. The van der Waals surface area contributed by atoms with Crippen molar-refractivity contribution >= 4 is 0 Å². The van der Waals surface area contributed by atoms with Crippen molar-refractivity contribution in [2.75, 3.05) is 7.11 Å². The average Bonchev–Trinajstić information content (AvgIpc) is 3.22. The third-order valence-electron chi connectivity index (χ3n) is 3.50. The van der Waals surface area contributed by atoms with Gasteiger partial charge in [-0.1, -0.05) is 12.1 Å². The molecule has 106 valence electrons. The van der Waals surface area contributed by atoms with Crippen LogP contribution in [0.25, 0.3) is 0 Å². The zero-order chi connectivity index (χ0) is 13.8. The first kappa shape index (κ1) is 13.1. The van der Waals surface area contributed by atoms with E-state index in [0.29, 0.717) is 6.04 Å². The highest BCUT2D eigenvalue weighted by Gasteiger charge is 2.21. The van der Waals surface area contributed by atoms with E-state index in [1.54, 1.807) is 7.11 Å². The first-order valence-electron chi connectivity index (χ1n) is 6.96. The van der Waals surface area contributed by atoms with Gasteiger partial charge in [-0.3, -0.25) is 0 Å². The predicted molar refractivity (Wildman–Crippen MR) is 74.4 cm³/mol. The van der Waals surface area contributed by atoms with Crippen LogP contribution in [0.4, 0.5) is 0 Å². The van der Waals surface area contributed by atoms with E-state index in [0.717, 1.165) is 31.1 Å². The highest BCUT2D eigenvalue weighted by atomic mass is 16.5. The molecule has 0 amide bonds. The summed E-state index contributed by atoms with van der Waals surface area (Å²) in [4.78, 5) is 0. The maximum absolute atomic E-state index is 5.15. The summed E-state index contributed by atoms with van der Waals surface area (Å²) < 4.78 is 7.03. The molecule has 6 heteroatoms. The monoisotopic (exact) mass is 273 g/mol. The Balaban J connectivity index is 1.55.